The molecule has 0 radical (unpaired) electrons. The molecule has 3 heterocycles. The number of anilines is 1. The van der Waals surface area contributed by atoms with Crippen LogP contribution in [0.25, 0.3) is 11.4 Å². The van der Waals surface area contributed by atoms with Crippen molar-refractivity contribution in [1.29, 1.82) is 0 Å². The van der Waals surface area contributed by atoms with Gasteiger partial charge in [0.1, 0.15) is 11.4 Å². The van der Waals surface area contributed by atoms with Crippen molar-refractivity contribution in [3.8, 4) is 17.1 Å². The van der Waals surface area contributed by atoms with E-state index in [4.69, 9.17) is 9.26 Å². The van der Waals surface area contributed by atoms with Gasteiger partial charge in [-0.05, 0) is 43.0 Å². The summed E-state index contributed by atoms with van der Waals surface area (Å²) in [5.41, 5.74) is 2.12. The molecule has 1 aliphatic rings. The summed E-state index contributed by atoms with van der Waals surface area (Å²) in [7, 11) is 1.81. The minimum Gasteiger partial charge on any atom is -0.489 e. The van der Waals surface area contributed by atoms with Gasteiger partial charge in [0.25, 0.3) is 5.95 Å². The molecule has 0 saturated heterocycles. The van der Waals surface area contributed by atoms with Crippen molar-refractivity contribution in [1.82, 2.24) is 30.1 Å². The number of hydrogen-bond donors (Lipinski definition) is 2. The summed E-state index contributed by atoms with van der Waals surface area (Å²) < 4.78 is 12.9. The van der Waals surface area contributed by atoms with E-state index in [2.05, 4.69) is 30.8 Å². The Morgan fingerprint density at radius 3 is 2.91 bits per heavy atom. The van der Waals surface area contributed by atoms with Crippen molar-refractivity contribution in [3.63, 3.8) is 0 Å². The van der Waals surface area contributed by atoms with Crippen LogP contribution in [0, 0.1) is 5.92 Å². The van der Waals surface area contributed by atoms with Gasteiger partial charge in [0.15, 0.2) is 0 Å². The van der Waals surface area contributed by atoms with Crippen LogP contribution in [0.4, 0.5) is 5.95 Å². The standard InChI is InChI=1S/C21H27N7O4/c1-12(2)19-24-21(26-32-19)23-11-17-18(25-27-28(17)3)16-8-7-15(10-22-16)31-14-6-4-5-13(9-14)20(29)30/h7-8,10,12-14H,4-6,9,11H2,1-3H3,(H,23,26)(H,29,30)/t13-,14-/m0/s1. The third-order valence-electron chi connectivity index (χ3n) is 5.55. The zero-order valence-electron chi connectivity index (χ0n) is 18.4. The summed E-state index contributed by atoms with van der Waals surface area (Å²) in [6.07, 6.45) is 4.45. The van der Waals surface area contributed by atoms with Crippen LogP contribution >= 0.6 is 0 Å². The third-order valence-corrected chi connectivity index (χ3v) is 5.55. The predicted molar refractivity (Wildman–Crippen MR) is 114 cm³/mol. The van der Waals surface area contributed by atoms with E-state index in [1.165, 1.54) is 0 Å². The van der Waals surface area contributed by atoms with Crippen molar-refractivity contribution in [2.24, 2.45) is 13.0 Å². The first kappa shape index (κ1) is 21.7. The first-order chi connectivity index (χ1) is 15.4. The summed E-state index contributed by atoms with van der Waals surface area (Å²) in [5.74, 6) is 0.649. The predicted octanol–water partition coefficient (Wildman–Crippen LogP) is 3.02. The van der Waals surface area contributed by atoms with Gasteiger partial charge in [-0.2, -0.15) is 4.98 Å². The average Bonchev–Trinajstić information content (AvgIpc) is 3.40. The molecule has 0 aromatic carbocycles. The van der Waals surface area contributed by atoms with Crippen LogP contribution < -0.4 is 10.1 Å². The van der Waals surface area contributed by atoms with Crippen LogP contribution in [0.3, 0.4) is 0 Å². The summed E-state index contributed by atoms with van der Waals surface area (Å²) in [6.45, 7) is 4.37. The number of nitrogens with zero attached hydrogens (tertiary/aromatic N) is 6. The number of ether oxygens (including phenoxy) is 1. The van der Waals surface area contributed by atoms with Gasteiger partial charge in [-0.3, -0.25) is 9.78 Å². The SMILES string of the molecule is CC(C)c1nc(NCc2c(-c3ccc(O[C@H]4CCC[C@H](C(=O)O)C4)cn3)nnn2C)no1. The maximum Gasteiger partial charge on any atom is 0.306 e. The van der Waals surface area contributed by atoms with Crippen LogP contribution in [-0.4, -0.2) is 47.3 Å². The normalized spacial score (nSPS) is 18.6. The number of hydrogen-bond acceptors (Lipinski definition) is 9. The maximum absolute atomic E-state index is 11.3. The molecular weight excluding hydrogens is 414 g/mol. The smallest absolute Gasteiger partial charge is 0.306 e. The van der Waals surface area contributed by atoms with E-state index < -0.39 is 5.97 Å². The minimum absolute atomic E-state index is 0.112. The van der Waals surface area contributed by atoms with E-state index in [1.807, 2.05) is 33.0 Å². The topological polar surface area (TPSA) is 141 Å². The molecule has 1 saturated carbocycles. The van der Waals surface area contributed by atoms with Crippen molar-refractivity contribution >= 4 is 11.9 Å². The number of carboxylic acids is 1. The van der Waals surface area contributed by atoms with Crippen LogP contribution in [0.5, 0.6) is 5.75 Å². The Bertz CT molecular complexity index is 1060. The van der Waals surface area contributed by atoms with Crippen molar-refractivity contribution in [2.45, 2.75) is 58.1 Å². The molecule has 11 heteroatoms. The van der Waals surface area contributed by atoms with Crippen LogP contribution in [-0.2, 0) is 18.4 Å². The first-order valence-electron chi connectivity index (χ1n) is 10.7. The number of carbonyl (C=O) groups is 1. The average molecular weight is 441 g/mol. The molecule has 0 spiro atoms. The second kappa shape index (κ2) is 9.33. The Morgan fingerprint density at radius 1 is 1.38 bits per heavy atom. The van der Waals surface area contributed by atoms with Crippen molar-refractivity contribution < 1.29 is 19.2 Å². The van der Waals surface area contributed by atoms with Gasteiger partial charge in [0, 0.05) is 13.0 Å². The molecule has 3 aromatic heterocycles. The molecule has 32 heavy (non-hydrogen) atoms. The first-order valence-corrected chi connectivity index (χ1v) is 10.7. The maximum atomic E-state index is 11.3. The molecule has 170 valence electrons. The number of aromatic nitrogens is 6. The van der Waals surface area contributed by atoms with E-state index in [1.54, 1.807) is 10.9 Å². The highest BCUT2D eigenvalue weighted by molar-refractivity contribution is 5.70. The lowest BCUT2D eigenvalue weighted by molar-refractivity contribution is -0.143. The number of aryl methyl sites for hydroxylation is 1. The van der Waals surface area contributed by atoms with E-state index in [0.717, 1.165) is 18.5 Å². The van der Waals surface area contributed by atoms with E-state index in [9.17, 15) is 9.90 Å². The zero-order chi connectivity index (χ0) is 22.7. The van der Waals surface area contributed by atoms with Gasteiger partial charge in [-0.1, -0.05) is 19.1 Å². The largest absolute Gasteiger partial charge is 0.489 e. The number of aliphatic carboxylic acids is 1. The van der Waals surface area contributed by atoms with Crippen LogP contribution in [0.2, 0.25) is 0 Å². The minimum atomic E-state index is -0.753. The number of pyridine rings is 1. The molecule has 0 amide bonds. The number of rotatable bonds is 8. The Balaban J connectivity index is 1.42. The Morgan fingerprint density at radius 2 is 2.22 bits per heavy atom. The lowest BCUT2D eigenvalue weighted by atomic mass is 9.87. The fourth-order valence-corrected chi connectivity index (χ4v) is 3.74. The summed E-state index contributed by atoms with van der Waals surface area (Å²) in [5, 5.41) is 24.7. The zero-order valence-corrected chi connectivity index (χ0v) is 18.4. The lowest BCUT2D eigenvalue weighted by Gasteiger charge is -2.27. The third kappa shape index (κ3) is 4.87. The Kier molecular flexibility index (Phi) is 6.33. The highest BCUT2D eigenvalue weighted by atomic mass is 16.5. The molecule has 4 rings (SSSR count). The van der Waals surface area contributed by atoms with Gasteiger partial charge in [-0.25, -0.2) is 4.68 Å². The molecular formula is C21H27N7O4. The quantitative estimate of drug-likeness (QED) is 0.536. The molecule has 1 fully saturated rings. The van der Waals surface area contributed by atoms with Gasteiger partial charge < -0.3 is 19.7 Å². The second-order valence-corrected chi connectivity index (χ2v) is 8.29. The second-order valence-electron chi connectivity index (χ2n) is 8.29. The molecule has 3 aromatic rings. The fourth-order valence-electron chi connectivity index (χ4n) is 3.74. The van der Waals surface area contributed by atoms with Crippen molar-refractivity contribution in [2.75, 3.05) is 5.32 Å². The van der Waals surface area contributed by atoms with Crippen LogP contribution in [0.1, 0.15) is 57.0 Å². The molecule has 0 unspecified atom stereocenters. The van der Waals surface area contributed by atoms with Gasteiger partial charge in [0.2, 0.25) is 5.89 Å². The summed E-state index contributed by atoms with van der Waals surface area (Å²) in [6, 6.07) is 3.65. The highest BCUT2D eigenvalue weighted by Crippen LogP contribution is 2.29. The monoisotopic (exact) mass is 441 g/mol. The Labute approximate surface area is 185 Å². The lowest BCUT2D eigenvalue weighted by Crippen LogP contribution is -2.29. The van der Waals surface area contributed by atoms with Gasteiger partial charge in [0.05, 0.1) is 36.2 Å². The molecule has 1 aliphatic carbocycles. The molecule has 0 bridgehead atoms. The summed E-state index contributed by atoms with van der Waals surface area (Å²) >= 11 is 0. The molecule has 2 N–H and O–H groups in total. The van der Waals surface area contributed by atoms with Gasteiger partial charge in [-0.15, -0.1) is 5.10 Å². The van der Waals surface area contributed by atoms with E-state index >= 15 is 0 Å². The van der Waals surface area contributed by atoms with Gasteiger partial charge >= 0.3 is 5.97 Å². The molecule has 2 atom stereocenters. The Hall–Kier alpha value is -3.50. The van der Waals surface area contributed by atoms with Crippen LogP contribution in [0.15, 0.2) is 22.9 Å². The molecule has 11 nitrogen and oxygen atoms in total. The number of nitrogens with one attached hydrogen (secondary N) is 1. The fraction of sp³-hybridized carbons (Fsp3) is 0.524. The highest BCUT2D eigenvalue weighted by Gasteiger charge is 2.28. The number of carboxylic acid groups (broad SMARTS) is 1. The van der Waals surface area contributed by atoms with E-state index in [0.29, 0.717) is 48.4 Å². The van der Waals surface area contributed by atoms with E-state index in [-0.39, 0.29) is 17.9 Å². The van der Waals surface area contributed by atoms with Crippen molar-refractivity contribution in [3.05, 3.63) is 29.9 Å². The molecule has 0 aliphatic heterocycles. The summed E-state index contributed by atoms with van der Waals surface area (Å²) in [4.78, 5) is 20.1.